The van der Waals surface area contributed by atoms with Crippen molar-refractivity contribution in [3.8, 4) is 11.5 Å². The van der Waals surface area contributed by atoms with Gasteiger partial charge in [0.1, 0.15) is 29.3 Å². The summed E-state index contributed by atoms with van der Waals surface area (Å²) in [6.45, 7) is 7.03. The molecule has 1 N–H and O–H groups in total. The van der Waals surface area contributed by atoms with Crippen molar-refractivity contribution in [3.63, 3.8) is 0 Å². The van der Waals surface area contributed by atoms with Crippen LogP contribution >= 0.6 is 11.8 Å². The Labute approximate surface area is 230 Å². The first kappa shape index (κ1) is 28.2. The lowest BCUT2D eigenvalue weighted by atomic mass is 10.1. The van der Waals surface area contributed by atoms with E-state index in [1.54, 1.807) is 37.1 Å². The van der Waals surface area contributed by atoms with Crippen LogP contribution < -0.4 is 19.8 Å². The van der Waals surface area contributed by atoms with Crippen molar-refractivity contribution in [2.24, 2.45) is 0 Å². The first-order valence-corrected chi connectivity index (χ1v) is 15.6. The summed E-state index contributed by atoms with van der Waals surface area (Å²) >= 11 is 1.57. The van der Waals surface area contributed by atoms with Crippen LogP contribution in [0.3, 0.4) is 0 Å². The predicted molar refractivity (Wildman–Crippen MR) is 155 cm³/mol. The Balaban J connectivity index is 1.53. The van der Waals surface area contributed by atoms with Crippen LogP contribution in [-0.2, 0) is 9.16 Å². The number of methoxy groups -OCH3 is 2. The molecule has 3 atom stereocenters. The number of aliphatic hydroxyl groups is 1. The van der Waals surface area contributed by atoms with Gasteiger partial charge in [0.25, 0.3) is 8.32 Å². The molecule has 3 aromatic carbocycles. The van der Waals surface area contributed by atoms with Crippen LogP contribution in [0, 0.1) is 0 Å². The molecule has 3 aromatic rings. The molecule has 1 fully saturated rings. The van der Waals surface area contributed by atoms with Crippen LogP contribution in [0.4, 0.5) is 0 Å². The Morgan fingerprint density at radius 2 is 1.55 bits per heavy atom. The van der Waals surface area contributed by atoms with Crippen molar-refractivity contribution in [2.45, 2.75) is 43.3 Å². The van der Waals surface area contributed by atoms with E-state index in [4.69, 9.17) is 18.6 Å². The smallest absolute Gasteiger partial charge is 0.342 e. The summed E-state index contributed by atoms with van der Waals surface area (Å²) in [5, 5.41) is 13.2. The van der Waals surface area contributed by atoms with Crippen molar-refractivity contribution < 1.29 is 28.5 Å². The molecule has 1 aliphatic rings. The highest BCUT2D eigenvalue weighted by Gasteiger charge is 2.51. The number of hydrogen-bond acceptors (Lipinski definition) is 7. The van der Waals surface area contributed by atoms with Gasteiger partial charge in [0, 0.05) is 18.4 Å². The minimum Gasteiger partial charge on any atom is -0.497 e. The molecule has 0 bridgehead atoms. The van der Waals surface area contributed by atoms with Crippen molar-refractivity contribution in [1.29, 1.82) is 0 Å². The molecular formula is C30H36O6SSi. The summed E-state index contributed by atoms with van der Waals surface area (Å²) in [7, 11) is 0.304. The Bertz CT molecular complexity index is 1170. The molecule has 202 valence electrons. The van der Waals surface area contributed by atoms with Crippen molar-refractivity contribution in [3.05, 3.63) is 84.4 Å². The fourth-order valence-electron chi connectivity index (χ4n) is 5.04. The molecule has 1 saturated heterocycles. The third-order valence-electron chi connectivity index (χ3n) is 7.00. The SMILES string of the molecule is COc1ccc(C(=O)O[C@H]2CS[C@H](CO[Si](c3ccccc3)(c3ccccc3)C(C)(C)C)[C@H]2O)c(OC)c1. The van der Waals surface area contributed by atoms with E-state index in [-0.39, 0.29) is 15.9 Å². The molecule has 0 radical (unpaired) electrons. The van der Waals surface area contributed by atoms with Gasteiger partial charge in [0.15, 0.2) is 0 Å². The molecule has 0 spiro atoms. The Morgan fingerprint density at radius 3 is 2.08 bits per heavy atom. The van der Waals surface area contributed by atoms with Gasteiger partial charge in [0.05, 0.1) is 19.5 Å². The minimum absolute atomic E-state index is 0.166. The molecule has 1 aliphatic heterocycles. The zero-order valence-electron chi connectivity index (χ0n) is 22.5. The lowest BCUT2D eigenvalue weighted by Gasteiger charge is -2.43. The minimum atomic E-state index is -2.74. The van der Waals surface area contributed by atoms with E-state index in [0.717, 1.165) is 0 Å². The number of rotatable bonds is 9. The van der Waals surface area contributed by atoms with Gasteiger partial charge in [-0.2, -0.15) is 0 Å². The summed E-state index contributed by atoms with van der Waals surface area (Å²) in [5.74, 6) is 0.888. The molecular weight excluding hydrogens is 516 g/mol. The number of esters is 1. The van der Waals surface area contributed by atoms with Crippen LogP contribution in [0.25, 0.3) is 0 Å². The highest BCUT2D eigenvalue weighted by Crippen LogP contribution is 2.39. The van der Waals surface area contributed by atoms with Gasteiger partial charge in [-0.25, -0.2) is 4.79 Å². The second kappa shape index (κ2) is 11.9. The van der Waals surface area contributed by atoms with Crippen molar-refractivity contribution in [2.75, 3.05) is 26.6 Å². The average Bonchev–Trinajstić information content (AvgIpc) is 3.27. The van der Waals surface area contributed by atoms with Gasteiger partial charge in [-0.3, -0.25) is 0 Å². The summed E-state index contributed by atoms with van der Waals surface area (Å²) in [6, 6.07) is 25.8. The molecule has 0 aromatic heterocycles. The normalized spacial score (nSPS) is 19.7. The summed E-state index contributed by atoms with van der Waals surface area (Å²) in [4.78, 5) is 13.0. The third kappa shape index (κ3) is 5.64. The number of carbonyl (C=O) groups is 1. The van der Waals surface area contributed by atoms with Crippen LogP contribution in [0.1, 0.15) is 31.1 Å². The lowest BCUT2D eigenvalue weighted by Crippen LogP contribution is -2.67. The molecule has 0 unspecified atom stereocenters. The second-order valence-electron chi connectivity index (χ2n) is 10.3. The zero-order chi connectivity index (χ0) is 27.3. The quantitative estimate of drug-likeness (QED) is 0.314. The lowest BCUT2D eigenvalue weighted by molar-refractivity contribution is -0.00779. The average molecular weight is 553 g/mol. The maximum Gasteiger partial charge on any atom is 0.342 e. The highest BCUT2D eigenvalue weighted by atomic mass is 32.2. The third-order valence-corrected chi connectivity index (χ3v) is 13.4. The highest BCUT2D eigenvalue weighted by molar-refractivity contribution is 8.00. The first-order valence-electron chi connectivity index (χ1n) is 12.7. The molecule has 1 heterocycles. The van der Waals surface area contributed by atoms with Crippen LogP contribution in [0.2, 0.25) is 5.04 Å². The number of ether oxygens (including phenoxy) is 3. The van der Waals surface area contributed by atoms with Crippen LogP contribution in [-0.4, -0.2) is 63.4 Å². The number of thioether (sulfide) groups is 1. The maximum atomic E-state index is 13.0. The number of carbonyl (C=O) groups excluding carboxylic acids is 1. The summed E-state index contributed by atoms with van der Waals surface area (Å²) in [6.07, 6.45) is -1.50. The van der Waals surface area contributed by atoms with Gasteiger partial charge in [-0.15, -0.1) is 11.8 Å². The first-order chi connectivity index (χ1) is 18.2. The van der Waals surface area contributed by atoms with Crippen molar-refractivity contribution >= 4 is 36.4 Å². The van der Waals surface area contributed by atoms with E-state index < -0.39 is 26.5 Å². The van der Waals surface area contributed by atoms with Gasteiger partial charge in [0.2, 0.25) is 0 Å². The van der Waals surface area contributed by atoms with Crippen LogP contribution in [0.15, 0.2) is 78.9 Å². The summed E-state index contributed by atoms with van der Waals surface area (Å²) in [5.41, 5.74) is 0.289. The van der Waals surface area contributed by atoms with Crippen LogP contribution in [0.5, 0.6) is 11.5 Å². The number of aliphatic hydroxyl groups excluding tert-OH is 1. The van der Waals surface area contributed by atoms with Gasteiger partial charge < -0.3 is 23.7 Å². The standard InChI is InChI=1S/C30H36O6SSi/c1-30(2,3)38(22-12-8-6-9-13-22,23-14-10-7-11-15-23)35-19-27-28(31)26(20-37-27)36-29(32)24-17-16-21(33-4)18-25(24)34-5/h6-18,26-28,31H,19-20H2,1-5H3/t26-,27+,28-/m0/s1. The molecule has 4 rings (SSSR count). The zero-order valence-corrected chi connectivity index (χ0v) is 24.4. The predicted octanol–water partition coefficient (Wildman–Crippen LogP) is 4.28. The molecule has 38 heavy (non-hydrogen) atoms. The van der Waals surface area contributed by atoms with E-state index in [1.807, 2.05) is 12.1 Å². The molecule has 0 amide bonds. The number of benzene rings is 3. The molecule has 6 nitrogen and oxygen atoms in total. The van der Waals surface area contributed by atoms with Crippen molar-refractivity contribution in [1.82, 2.24) is 0 Å². The number of hydrogen-bond donors (Lipinski definition) is 1. The Morgan fingerprint density at radius 1 is 0.947 bits per heavy atom. The molecule has 0 saturated carbocycles. The topological polar surface area (TPSA) is 74.2 Å². The van der Waals surface area contributed by atoms with E-state index in [2.05, 4.69) is 69.3 Å². The van der Waals surface area contributed by atoms with Gasteiger partial charge in [-0.05, 0) is 27.5 Å². The van der Waals surface area contributed by atoms with Gasteiger partial charge in [-0.1, -0.05) is 81.4 Å². The molecule has 0 aliphatic carbocycles. The Kier molecular flexibility index (Phi) is 8.87. The second-order valence-corrected chi connectivity index (χ2v) is 15.9. The summed E-state index contributed by atoms with van der Waals surface area (Å²) < 4.78 is 23.3. The van der Waals surface area contributed by atoms with Gasteiger partial charge >= 0.3 is 5.97 Å². The Hall–Kier alpha value is -2.78. The van der Waals surface area contributed by atoms with E-state index in [9.17, 15) is 9.90 Å². The fraction of sp³-hybridized carbons (Fsp3) is 0.367. The monoisotopic (exact) mass is 552 g/mol. The maximum absolute atomic E-state index is 13.0. The van der Waals surface area contributed by atoms with E-state index >= 15 is 0 Å². The van der Waals surface area contributed by atoms with E-state index in [1.165, 1.54) is 17.5 Å². The largest absolute Gasteiger partial charge is 0.497 e. The fourth-order valence-corrected chi connectivity index (χ4v) is 11.0. The van der Waals surface area contributed by atoms with E-state index in [0.29, 0.717) is 23.9 Å². The molecule has 8 heteroatoms.